The molecule has 10 heteroatoms. The first-order valence-corrected chi connectivity index (χ1v) is 12.1. The van der Waals surface area contributed by atoms with Gasteiger partial charge in [0.1, 0.15) is 5.82 Å². The molecule has 0 saturated heterocycles. The zero-order chi connectivity index (χ0) is 25.1. The van der Waals surface area contributed by atoms with Crippen LogP contribution in [-0.4, -0.2) is 39.4 Å². The Balaban J connectivity index is 1.63. The fraction of sp³-hybridized carbons (Fsp3) is 0.308. The number of aliphatic hydroxyl groups is 1. The Hall–Kier alpha value is -4.18. The van der Waals surface area contributed by atoms with Crippen molar-refractivity contribution in [1.29, 1.82) is 0 Å². The molecule has 0 fully saturated rings. The van der Waals surface area contributed by atoms with Crippen LogP contribution in [0.2, 0.25) is 0 Å². The van der Waals surface area contributed by atoms with Crippen molar-refractivity contribution in [3.8, 4) is 17.2 Å². The Morgan fingerprint density at radius 1 is 1.17 bits per heavy atom. The number of allylic oxidation sites excluding steroid dienone is 2. The van der Waals surface area contributed by atoms with E-state index < -0.39 is 5.41 Å². The fourth-order valence-electron chi connectivity index (χ4n) is 4.81. The molecule has 0 radical (unpaired) electrons. The third kappa shape index (κ3) is 4.20. The van der Waals surface area contributed by atoms with Crippen LogP contribution in [0.1, 0.15) is 36.6 Å². The number of unbranched alkanes of at least 4 members (excludes halogenated alkanes) is 1. The van der Waals surface area contributed by atoms with E-state index in [1.807, 2.05) is 65.2 Å². The zero-order valence-corrected chi connectivity index (χ0v) is 20.4. The van der Waals surface area contributed by atoms with Crippen molar-refractivity contribution in [3.63, 3.8) is 0 Å². The van der Waals surface area contributed by atoms with Crippen molar-refractivity contribution in [1.82, 2.24) is 39.6 Å². The van der Waals surface area contributed by atoms with Crippen molar-refractivity contribution in [3.05, 3.63) is 94.6 Å². The molecular formula is C26H30N8O2. The minimum atomic E-state index is -0.573. The smallest absolute Gasteiger partial charge is 0.334 e. The number of aryl methyl sites for hydroxylation is 2. The lowest BCUT2D eigenvalue weighted by Crippen LogP contribution is -2.36. The lowest BCUT2D eigenvalue weighted by atomic mass is 9.78. The van der Waals surface area contributed by atoms with Gasteiger partial charge in [0.2, 0.25) is 5.82 Å². The molecule has 1 aromatic carbocycles. The molecule has 4 aromatic rings. The quantitative estimate of drug-likeness (QED) is 0.335. The summed E-state index contributed by atoms with van der Waals surface area (Å²) in [5.41, 5.74) is 2.81. The third-order valence-corrected chi connectivity index (χ3v) is 6.74. The van der Waals surface area contributed by atoms with Crippen LogP contribution in [0, 0.1) is 0 Å². The molecule has 3 aromatic heterocycles. The number of nitrogens with one attached hydrogen (secondary N) is 2. The molecule has 36 heavy (non-hydrogen) atoms. The van der Waals surface area contributed by atoms with E-state index in [9.17, 15) is 9.90 Å². The summed E-state index contributed by atoms with van der Waals surface area (Å²) in [6.07, 6.45) is 14.5. The maximum atomic E-state index is 13.9. The van der Waals surface area contributed by atoms with Gasteiger partial charge in [0.25, 0.3) is 0 Å². The molecule has 0 saturated carbocycles. The number of aromatic nitrogens is 7. The van der Waals surface area contributed by atoms with Crippen LogP contribution >= 0.6 is 0 Å². The number of tetrazole rings is 1. The number of H-pyrrole nitrogens is 1. The summed E-state index contributed by atoms with van der Waals surface area (Å²) in [5.74, 6) is 1.20. The van der Waals surface area contributed by atoms with E-state index in [0.29, 0.717) is 23.8 Å². The molecule has 10 nitrogen and oxygen atoms in total. The van der Waals surface area contributed by atoms with Crippen molar-refractivity contribution < 1.29 is 5.11 Å². The summed E-state index contributed by atoms with van der Waals surface area (Å²) in [5, 5.41) is 27.4. The predicted octanol–water partition coefficient (Wildman–Crippen LogP) is 2.56. The summed E-state index contributed by atoms with van der Waals surface area (Å²) in [4.78, 5) is 13.9. The summed E-state index contributed by atoms with van der Waals surface area (Å²) in [6.45, 7) is 2.42. The summed E-state index contributed by atoms with van der Waals surface area (Å²) in [7, 11) is 1.88. The molecule has 0 aliphatic carbocycles. The van der Waals surface area contributed by atoms with Gasteiger partial charge in [0.15, 0.2) is 0 Å². The second-order valence-electron chi connectivity index (χ2n) is 9.09. The lowest BCUT2D eigenvalue weighted by Gasteiger charge is -2.31. The van der Waals surface area contributed by atoms with Gasteiger partial charge in [-0.3, -0.25) is 9.13 Å². The zero-order valence-electron chi connectivity index (χ0n) is 20.4. The average molecular weight is 487 g/mol. The minimum absolute atomic E-state index is 0.133. The number of aromatic amines is 1. The first kappa shape index (κ1) is 23.6. The largest absolute Gasteiger partial charge is 0.392 e. The molecule has 3 N–H and O–H groups in total. The molecule has 0 bridgehead atoms. The number of nitrogens with zero attached hydrogens (tertiary/aromatic N) is 6. The molecule has 0 unspecified atom stereocenters. The highest BCUT2D eigenvalue weighted by Gasteiger charge is 2.31. The van der Waals surface area contributed by atoms with Gasteiger partial charge in [-0.05, 0) is 48.2 Å². The van der Waals surface area contributed by atoms with E-state index in [4.69, 9.17) is 0 Å². The predicted molar refractivity (Wildman–Crippen MR) is 136 cm³/mol. The topological polar surface area (TPSA) is 119 Å². The van der Waals surface area contributed by atoms with Crippen LogP contribution < -0.4 is 11.0 Å². The Morgan fingerprint density at radius 3 is 2.72 bits per heavy atom. The number of imidazole rings is 1. The molecular weight excluding hydrogens is 456 g/mol. The van der Waals surface area contributed by atoms with Crippen molar-refractivity contribution in [2.45, 2.75) is 44.8 Å². The Morgan fingerprint density at radius 2 is 2.00 bits per heavy atom. The van der Waals surface area contributed by atoms with Crippen molar-refractivity contribution in [2.75, 3.05) is 0 Å². The fourth-order valence-corrected chi connectivity index (χ4v) is 4.81. The second-order valence-corrected chi connectivity index (χ2v) is 9.09. The van der Waals surface area contributed by atoms with Crippen LogP contribution in [0.25, 0.3) is 17.2 Å². The van der Waals surface area contributed by atoms with Crippen LogP contribution in [0.4, 0.5) is 0 Å². The number of dihydropyridines is 1. The normalized spacial score (nSPS) is 14.3. The lowest BCUT2D eigenvalue weighted by molar-refractivity contribution is 0.281. The van der Waals surface area contributed by atoms with Gasteiger partial charge in [-0.15, -0.1) is 10.2 Å². The molecule has 0 amide bonds. The first-order chi connectivity index (χ1) is 17.6. The molecule has 186 valence electrons. The van der Waals surface area contributed by atoms with Gasteiger partial charge in [-0.2, -0.15) is 5.21 Å². The average Bonchev–Trinajstić information content (AvgIpc) is 3.64. The van der Waals surface area contributed by atoms with Gasteiger partial charge < -0.3 is 15.0 Å². The standard InChI is InChI=1S/C26H30N8O2/c1-3-4-8-22-16-33(24-20(17-35)9-14-32(24)2)25(36)34(22)18-26(10-12-27-13-11-26)21-7-5-6-19(15-21)23-28-30-31-29-23/h5-7,9-16,27,35H,3-4,8,17-18H2,1-2H3,(H,28,29,30,31). The monoisotopic (exact) mass is 486 g/mol. The summed E-state index contributed by atoms with van der Waals surface area (Å²) >= 11 is 0. The van der Waals surface area contributed by atoms with Crippen molar-refractivity contribution >= 4 is 0 Å². The Kier molecular flexibility index (Phi) is 6.43. The number of hydrogen-bond acceptors (Lipinski definition) is 6. The van der Waals surface area contributed by atoms with Gasteiger partial charge in [-0.25, -0.2) is 4.79 Å². The summed E-state index contributed by atoms with van der Waals surface area (Å²) in [6, 6.07) is 9.85. The van der Waals surface area contributed by atoms with Crippen LogP contribution in [-0.2, 0) is 32.0 Å². The highest BCUT2D eigenvalue weighted by atomic mass is 16.3. The molecule has 0 atom stereocenters. The maximum absolute atomic E-state index is 13.9. The van der Waals surface area contributed by atoms with E-state index in [1.54, 1.807) is 4.57 Å². The van der Waals surface area contributed by atoms with E-state index >= 15 is 0 Å². The molecule has 5 rings (SSSR count). The number of benzene rings is 1. The maximum Gasteiger partial charge on any atom is 0.334 e. The summed E-state index contributed by atoms with van der Waals surface area (Å²) < 4.78 is 5.40. The minimum Gasteiger partial charge on any atom is -0.392 e. The molecule has 1 aliphatic rings. The molecule has 4 heterocycles. The van der Waals surface area contributed by atoms with Gasteiger partial charge in [0.05, 0.1) is 12.0 Å². The van der Waals surface area contributed by atoms with Crippen LogP contribution in [0.5, 0.6) is 0 Å². The number of hydrogen-bond donors (Lipinski definition) is 3. The molecule has 1 aliphatic heterocycles. The molecule has 0 spiro atoms. The van der Waals surface area contributed by atoms with Crippen LogP contribution in [0.3, 0.4) is 0 Å². The second kappa shape index (κ2) is 9.82. The van der Waals surface area contributed by atoms with Crippen molar-refractivity contribution in [2.24, 2.45) is 7.05 Å². The number of aliphatic hydroxyl groups excluding tert-OH is 1. The first-order valence-electron chi connectivity index (χ1n) is 12.1. The Bertz CT molecular complexity index is 1440. The Labute approximate surface area is 208 Å². The van der Waals surface area contributed by atoms with E-state index in [0.717, 1.165) is 36.1 Å². The SMILES string of the molecule is CCCCc1cn(-c2c(CO)ccn2C)c(=O)n1CC1(c2cccc(-c3nn[nH]n3)c2)C=CNC=C1. The van der Waals surface area contributed by atoms with Crippen LogP contribution in [0.15, 0.2) is 72.1 Å². The van der Waals surface area contributed by atoms with E-state index in [-0.39, 0.29) is 12.3 Å². The van der Waals surface area contributed by atoms with E-state index in [1.165, 1.54) is 0 Å². The number of rotatable bonds is 9. The highest BCUT2D eigenvalue weighted by Crippen LogP contribution is 2.33. The third-order valence-electron chi connectivity index (χ3n) is 6.74. The van der Waals surface area contributed by atoms with Gasteiger partial charge in [0, 0.05) is 42.8 Å². The van der Waals surface area contributed by atoms with E-state index in [2.05, 4.69) is 51.1 Å². The van der Waals surface area contributed by atoms with Gasteiger partial charge in [-0.1, -0.05) is 43.7 Å². The highest BCUT2D eigenvalue weighted by molar-refractivity contribution is 5.57. The van der Waals surface area contributed by atoms with Gasteiger partial charge >= 0.3 is 5.69 Å².